The number of rotatable bonds is 3. The van der Waals surface area contributed by atoms with Gasteiger partial charge in [-0.25, -0.2) is 14.6 Å². The average Bonchev–Trinajstić information content (AvgIpc) is 3.05. The highest BCUT2D eigenvalue weighted by Gasteiger charge is 2.16. The Balaban J connectivity index is 2.04. The standard InChI is InChI=1S/C14H12N4O3S/c1-7-3-4-9(8(2)5-7)10-6-22-14(15-10)18-13(21)16-11(17-18)12(19)20/h3-6H,1-2H3,(H,19,20)(H,16,17,21). The Morgan fingerprint density at radius 3 is 2.77 bits per heavy atom. The van der Waals surface area contributed by atoms with Gasteiger partial charge in [0.15, 0.2) is 0 Å². The van der Waals surface area contributed by atoms with Crippen molar-refractivity contribution in [1.29, 1.82) is 0 Å². The fourth-order valence-corrected chi connectivity index (χ4v) is 2.91. The molecule has 8 heteroatoms. The minimum Gasteiger partial charge on any atom is -0.475 e. The average molecular weight is 316 g/mol. The fraction of sp³-hybridized carbons (Fsp3) is 0.143. The summed E-state index contributed by atoms with van der Waals surface area (Å²) < 4.78 is 0.959. The summed E-state index contributed by atoms with van der Waals surface area (Å²) in [6.07, 6.45) is 0. The summed E-state index contributed by atoms with van der Waals surface area (Å²) in [6, 6.07) is 6.02. The summed E-state index contributed by atoms with van der Waals surface area (Å²) in [5.41, 5.74) is 3.31. The third-order valence-corrected chi connectivity index (χ3v) is 3.97. The van der Waals surface area contributed by atoms with Crippen molar-refractivity contribution in [1.82, 2.24) is 19.7 Å². The topological polar surface area (TPSA) is 101 Å². The minimum absolute atomic E-state index is 0.323. The number of aromatic carboxylic acids is 1. The van der Waals surface area contributed by atoms with E-state index in [1.807, 2.05) is 31.4 Å². The molecule has 0 saturated carbocycles. The number of H-pyrrole nitrogens is 1. The van der Waals surface area contributed by atoms with Crippen LogP contribution in [0.1, 0.15) is 21.7 Å². The lowest BCUT2D eigenvalue weighted by atomic mass is 10.0. The SMILES string of the molecule is Cc1ccc(-c2csc(-n3nc(C(=O)O)[nH]c3=O)n2)c(C)c1. The summed E-state index contributed by atoms with van der Waals surface area (Å²) in [6.45, 7) is 4.00. The zero-order chi connectivity index (χ0) is 15.9. The van der Waals surface area contributed by atoms with Crippen LogP contribution in [0.15, 0.2) is 28.4 Å². The zero-order valence-corrected chi connectivity index (χ0v) is 12.6. The van der Waals surface area contributed by atoms with E-state index in [2.05, 4.69) is 21.1 Å². The van der Waals surface area contributed by atoms with Crippen molar-refractivity contribution in [3.63, 3.8) is 0 Å². The van der Waals surface area contributed by atoms with E-state index in [4.69, 9.17) is 5.11 Å². The first-order valence-corrected chi connectivity index (χ1v) is 7.30. The van der Waals surface area contributed by atoms with Crippen LogP contribution in [0.4, 0.5) is 0 Å². The van der Waals surface area contributed by atoms with Crippen molar-refractivity contribution >= 4 is 17.3 Å². The molecule has 0 spiro atoms. The van der Waals surface area contributed by atoms with E-state index in [0.29, 0.717) is 5.13 Å². The molecule has 0 fully saturated rings. The molecule has 2 aromatic heterocycles. The van der Waals surface area contributed by atoms with E-state index in [0.717, 1.165) is 27.1 Å². The summed E-state index contributed by atoms with van der Waals surface area (Å²) in [4.78, 5) is 29.1. The maximum Gasteiger partial charge on any atom is 0.373 e. The van der Waals surface area contributed by atoms with Crippen molar-refractivity contribution < 1.29 is 9.90 Å². The van der Waals surface area contributed by atoms with Gasteiger partial charge in [-0.05, 0) is 19.4 Å². The summed E-state index contributed by atoms with van der Waals surface area (Å²) in [7, 11) is 0. The van der Waals surface area contributed by atoms with Crippen molar-refractivity contribution in [3.8, 4) is 16.4 Å². The Labute approximate surface area is 128 Å². The number of hydrogen-bond acceptors (Lipinski definition) is 5. The highest BCUT2D eigenvalue weighted by atomic mass is 32.1. The first kappa shape index (κ1) is 14.2. The van der Waals surface area contributed by atoms with Crippen LogP contribution in [-0.2, 0) is 0 Å². The van der Waals surface area contributed by atoms with Gasteiger partial charge >= 0.3 is 11.7 Å². The second kappa shape index (κ2) is 5.23. The van der Waals surface area contributed by atoms with Crippen LogP contribution in [0.5, 0.6) is 0 Å². The second-order valence-electron chi connectivity index (χ2n) is 4.83. The van der Waals surface area contributed by atoms with Gasteiger partial charge in [-0.2, -0.15) is 4.68 Å². The van der Waals surface area contributed by atoms with Gasteiger partial charge in [0.2, 0.25) is 11.0 Å². The number of carbonyl (C=O) groups is 1. The molecule has 0 unspecified atom stereocenters. The third kappa shape index (κ3) is 2.44. The molecule has 2 N–H and O–H groups in total. The molecule has 3 aromatic rings. The van der Waals surface area contributed by atoms with E-state index in [-0.39, 0.29) is 0 Å². The van der Waals surface area contributed by atoms with Gasteiger partial charge in [0.1, 0.15) is 0 Å². The Hall–Kier alpha value is -2.74. The highest BCUT2D eigenvalue weighted by molar-refractivity contribution is 7.12. The van der Waals surface area contributed by atoms with Crippen LogP contribution >= 0.6 is 11.3 Å². The maximum atomic E-state index is 11.8. The lowest BCUT2D eigenvalue weighted by Crippen LogP contribution is -2.15. The lowest BCUT2D eigenvalue weighted by molar-refractivity contribution is 0.0683. The first-order chi connectivity index (χ1) is 10.5. The molecular formula is C14H12N4O3S. The van der Waals surface area contributed by atoms with Gasteiger partial charge in [-0.3, -0.25) is 4.98 Å². The van der Waals surface area contributed by atoms with Crippen molar-refractivity contribution in [2.24, 2.45) is 0 Å². The number of nitrogens with zero attached hydrogens (tertiary/aromatic N) is 3. The molecule has 7 nitrogen and oxygen atoms in total. The molecule has 0 aliphatic carbocycles. The van der Waals surface area contributed by atoms with Gasteiger partial charge in [-0.1, -0.05) is 23.8 Å². The Kier molecular flexibility index (Phi) is 3.38. The molecule has 0 amide bonds. The van der Waals surface area contributed by atoms with Gasteiger partial charge in [0.05, 0.1) is 5.69 Å². The van der Waals surface area contributed by atoms with Crippen molar-refractivity contribution in [3.05, 3.63) is 51.0 Å². The van der Waals surface area contributed by atoms with E-state index in [9.17, 15) is 9.59 Å². The Bertz CT molecular complexity index is 922. The smallest absolute Gasteiger partial charge is 0.373 e. The van der Waals surface area contributed by atoms with Crippen LogP contribution in [-0.4, -0.2) is 30.8 Å². The number of aryl methyl sites for hydroxylation is 2. The first-order valence-electron chi connectivity index (χ1n) is 6.42. The summed E-state index contributed by atoms with van der Waals surface area (Å²) >= 11 is 1.23. The molecule has 0 radical (unpaired) electrons. The number of hydrogen-bond donors (Lipinski definition) is 2. The quantitative estimate of drug-likeness (QED) is 0.769. The zero-order valence-electron chi connectivity index (χ0n) is 11.8. The van der Waals surface area contributed by atoms with Crippen LogP contribution in [0.25, 0.3) is 16.4 Å². The molecule has 0 saturated heterocycles. The van der Waals surface area contributed by atoms with Gasteiger partial charge in [0, 0.05) is 10.9 Å². The van der Waals surface area contributed by atoms with E-state index < -0.39 is 17.5 Å². The number of aromatic nitrogens is 4. The number of aromatic amines is 1. The number of thiazole rings is 1. The number of carboxylic acid groups (broad SMARTS) is 1. The number of nitrogens with one attached hydrogen (secondary N) is 1. The monoisotopic (exact) mass is 316 g/mol. The molecule has 22 heavy (non-hydrogen) atoms. The van der Waals surface area contributed by atoms with Gasteiger partial charge in [-0.15, -0.1) is 16.4 Å². The lowest BCUT2D eigenvalue weighted by Gasteiger charge is -2.03. The minimum atomic E-state index is -1.29. The fourth-order valence-electron chi connectivity index (χ4n) is 2.14. The van der Waals surface area contributed by atoms with Crippen LogP contribution in [0.3, 0.4) is 0 Å². The molecule has 0 bridgehead atoms. The van der Waals surface area contributed by atoms with Crippen molar-refractivity contribution in [2.75, 3.05) is 0 Å². The highest BCUT2D eigenvalue weighted by Crippen LogP contribution is 2.26. The van der Waals surface area contributed by atoms with Crippen molar-refractivity contribution in [2.45, 2.75) is 13.8 Å². The maximum absolute atomic E-state index is 11.8. The molecule has 0 aliphatic rings. The Morgan fingerprint density at radius 1 is 1.36 bits per heavy atom. The summed E-state index contributed by atoms with van der Waals surface area (Å²) in [5.74, 6) is -1.70. The van der Waals surface area contributed by atoms with Crippen LogP contribution in [0.2, 0.25) is 0 Å². The summed E-state index contributed by atoms with van der Waals surface area (Å²) in [5, 5.41) is 14.7. The Morgan fingerprint density at radius 2 is 2.14 bits per heavy atom. The number of benzene rings is 1. The molecule has 0 aliphatic heterocycles. The molecule has 2 heterocycles. The number of carboxylic acids is 1. The normalized spacial score (nSPS) is 10.8. The van der Waals surface area contributed by atoms with Crippen LogP contribution < -0.4 is 5.69 Å². The van der Waals surface area contributed by atoms with E-state index in [1.54, 1.807) is 0 Å². The predicted octanol–water partition coefficient (Wildman–Crippen LogP) is 2.00. The van der Waals surface area contributed by atoms with E-state index in [1.165, 1.54) is 11.3 Å². The molecule has 1 aromatic carbocycles. The van der Waals surface area contributed by atoms with Gasteiger partial charge in [0.25, 0.3) is 0 Å². The second-order valence-corrected chi connectivity index (χ2v) is 5.67. The molecule has 3 rings (SSSR count). The van der Waals surface area contributed by atoms with E-state index >= 15 is 0 Å². The predicted molar refractivity (Wildman–Crippen MR) is 81.7 cm³/mol. The largest absolute Gasteiger partial charge is 0.475 e. The van der Waals surface area contributed by atoms with Crippen LogP contribution in [0, 0.1) is 13.8 Å². The van der Waals surface area contributed by atoms with Gasteiger partial charge < -0.3 is 5.11 Å². The molecule has 0 atom stereocenters. The third-order valence-electron chi connectivity index (χ3n) is 3.15. The molecular weight excluding hydrogens is 304 g/mol. The molecule has 112 valence electrons.